The molecule has 146 valence electrons. The van der Waals surface area contributed by atoms with Crippen LogP contribution in [0.4, 0.5) is 17.1 Å². The number of aryl methyl sites for hydroxylation is 2. The predicted molar refractivity (Wildman–Crippen MR) is 130 cm³/mol. The third kappa shape index (κ3) is 2.59. The molecule has 0 spiro atoms. The van der Waals surface area contributed by atoms with Crippen molar-refractivity contribution in [3.8, 4) is 0 Å². The van der Waals surface area contributed by atoms with E-state index >= 15 is 0 Å². The molecular formula is C27H22N2S. The number of hydrogen-bond donors (Lipinski definition) is 0. The van der Waals surface area contributed by atoms with Gasteiger partial charge in [0.25, 0.3) is 0 Å². The molecule has 3 heteroatoms. The summed E-state index contributed by atoms with van der Waals surface area (Å²) < 4.78 is 2.37. The quantitative estimate of drug-likeness (QED) is 0.286. The van der Waals surface area contributed by atoms with E-state index in [0.29, 0.717) is 0 Å². The van der Waals surface area contributed by atoms with E-state index in [9.17, 15) is 0 Å². The van der Waals surface area contributed by atoms with Crippen molar-refractivity contribution >= 4 is 50.6 Å². The molecule has 0 radical (unpaired) electrons. The van der Waals surface area contributed by atoms with Gasteiger partial charge in [-0.05, 0) is 42.3 Å². The van der Waals surface area contributed by atoms with E-state index in [1.54, 1.807) is 0 Å². The maximum Gasteiger partial charge on any atom is 0.0738 e. The molecule has 1 aromatic heterocycles. The molecule has 0 unspecified atom stereocenters. The highest BCUT2D eigenvalue weighted by atomic mass is 32.2. The number of para-hydroxylation sites is 3. The van der Waals surface area contributed by atoms with Gasteiger partial charge in [-0.3, -0.25) is 0 Å². The van der Waals surface area contributed by atoms with Gasteiger partial charge in [0.2, 0.25) is 0 Å². The molecule has 6 rings (SSSR count). The third-order valence-electron chi connectivity index (χ3n) is 6.10. The molecule has 1 aliphatic rings. The zero-order chi connectivity index (χ0) is 20.1. The zero-order valence-corrected chi connectivity index (χ0v) is 17.7. The summed E-state index contributed by atoms with van der Waals surface area (Å²) in [4.78, 5) is 3.81. The SMILES string of the molecule is Cn1c2ccccc2c2ccc3c(c21)N(c1ccccc1)c1ccccc1SCC3. The van der Waals surface area contributed by atoms with Crippen molar-refractivity contribution in [1.82, 2.24) is 4.57 Å². The number of hydrogen-bond acceptors (Lipinski definition) is 2. The monoisotopic (exact) mass is 406 g/mol. The second-order valence-corrected chi connectivity index (χ2v) is 8.92. The highest BCUT2D eigenvalue weighted by Crippen LogP contribution is 2.48. The highest BCUT2D eigenvalue weighted by molar-refractivity contribution is 7.99. The van der Waals surface area contributed by atoms with Crippen LogP contribution in [0.25, 0.3) is 21.8 Å². The standard InChI is InChI=1S/C27H22N2S/c1-28-23-12-6-5-11-21(23)22-16-15-19-17-18-30-25-14-8-7-13-24(25)29(26(19)27(22)28)20-9-3-2-4-10-20/h2-16H,17-18H2,1H3. The second-order valence-electron chi connectivity index (χ2n) is 7.78. The Labute approximate surface area is 180 Å². The normalized spacial score (nSPS) is 13.7. The van der Waals surface area contributed by atoms with Gasteiger partial charge in [-0.2, -0.15) is 0 Å². The van der Waals surface area contributed by atoms with Crippen LogP contribution in [0.1, 0.15) is 5.56 Å². The number of rotatable bonds is 1. The minimum atomic E-state index is 1.05. The molecule has 4 aromatic carbocycles. The Hall–Kier alpha value is -3.17. The van der Waals surface area contributed by atoms with E-state index in [2.05, 4.69) is 108 Å². The molecule has 0 aliphatic carbocycles. The molecule has 2 heterocycles. The molecule has 0 amide bonds. The lowest BCUT2D eigenvalue weighted by Gasteiger charge is -2.32. The average molecular weight is 407 g/mol. The van der Waals surface area contributed by atoms with Crippen LogP contribution in [-0.2, 0) is 13.5 Å². The summed E-state index contributed by atoms with van der Waals surface area (Å²) in [6, 6.07) is 33.0. The van der Waals surface area contributed by atoms with Crippen molar-refractivity contribution in [2.24, 2.45) is 7.05 Å². The molecule has 0 N–H and O–H groups in total. The first-order chi connectivity index (χ1) is 14.8. The van der Waals surface area contributed by atoms with Gasteiger partial charge in [-0.15, -0.1) is 11.8 Å². The first-order valence-corrected chi connectivity index (χ1v) is 11.4. The van der Waals surface area contributed by atoms with Crippen molar-refractivity contribution in [2.45, 2.75) is 11.3 Å². The number of nitrogens with zero attached hydrogens (tertiary/aromatic N) is 2. The van der Waals surface area contributed by atoms with Gasteiger partial charge in [0.1, 0.15) is 0 Å². The van der Waals surface area contributed by atoms with Gasteiger partial charge >= 0.3 is 0 Å². The summed E-state index contributed by atoms with van der Waals surface area (Å²) in [7, 11) is 2.20. The minimum Gasteiger partial charge on any atom is -0.342 e. The van der Waals surface area contributed by atoms with Crippen molar-refractivity contribution in [1.29, 1.82) is 0 Å². The van der Waals surface area contributed by atoms with Crippen molar-refractivity contribution < 1.29 is 0 Å². The number of thioether (sulfide) groups is 1. The van der Waals surface area contributed by atoms with Crippen LogP contribution in [0.3, 0.4) is 0 Å². The van der Waals surface area contributed by atoms with E-state index in [-0.39, 0.29) is 0 Å². The number of fused-ring (bicyclic) bond motifs is 6. The summed E-state index contributed by atoms with van der Waals surface area (Å²) in [5.41, 5.74) is 7.75. The second kappa shape index (κ2) is 6.96. The van der Waals surface area contributed by atoms with Crippen molar-refractivity contribution in [3.63, 3.8) is 0 Å². The highest BCUT2D eigenvalue weighted by Gasteiger charge is 2.25. The smallest absolute Gasteiger partial charge is 0.0738 e. The lowest BCUT2D eigenvalue weighted by atomic mass is 10.0. The fourth-order valence-corrected chi connectivity index (χ4v) is 5.77. The Balaban J connectivity index is 1.78. The molecule has 0 fully saturated rings. The van der Waals surface area contributed by atoms with Gasteiger partial charge < -0.3 is 9.47 Å². The lowest BCUT2D eigenvalue weighted by Crippen LogP contribution is -2.16. The third-order valence-corrected chi connectivity index (χ3v) is 7.16. The Morgan fingerprint density at radius 2 is 1.50 bits per heavy atom. The number of anilines is 3. The molecule has 2 nitrogen and oxygen atoms in total. The summed E-state index contributed by atoms with van der Waals surface area (Å²) in [6.07, 6.45) is 1.05. The first-order valence-electron chi connectivity index (χ1n) is 10.4. The van der Waals surface area contributed by atoms with Crippen molar-refractivity contribution in [3.05, 3.63) is 96.6 Å². The molecule has 0 saturated heterocycles. The Morgan fingerprint density at radius 3 is 2.40 bits per heavy atom. The van der Waals surface area contributed by atoms with Crippen LogP contribution in [0.5, 0.6) is 0 Å². The largest absolute Gasteiger partial charge is 0.342 e. The summed E-state index contributed by atoms with van der Waals surface area (Å²) in [5, 5.41) is 2.63. The maximum absolute atomic E-state index is 2.47. The van der Waals surface area contributed by atoms with Gasteiger partial charge in [-0.25, -0.2) is 0 Å². The number of benzene rings is 4. The van der Waals surface area contributed by atoms with Crippen LogP contribution in [-0.4, -0.2) is 10.3 Å². The fraction of sp³-hybridized carbons (Fsp3) is 0.111. The lowest BCUT2D eigenvalue weighted by molar-refractivity contribution is 1.00. The molecule has 30 heavy (non-hydrogen) atoms. The molecule has 1 aliphatic heterocycles. The van der Waals surface area contributed by atoms with Crippen LogP contribution >= 0.6 is 11.8 Å². The summed E-state index contributed by atoms with van der Waals surface area (Å²) in [6.45, 7) is 0. The Bertz CT molecular complexity index is 1380. The van der Waals surface area contributed by atoms with E-state index < -0.39 is 0 Å². The van der Waals surface area contributed by atoms with Crippen LogP contribution < -0.4 is 4.90 Å². The van der Waals surface area contributed by atoms with Crippen LogP contribution in [0, 0.1) is 0 Å². The van der Waals surface area contributed by atoms with E-state index in [1.165, 1.54) is 49.3 Å². The molecule has 0 bridgehead atoms. The number of aromatic nitrogens is 1. The summed E-state index contributed by atoms with van der Waals surface area (Å²) in [5.74, 6) is 1.09. The first kappa shape index (κ1) is 17.7. The summed E-state index contributed by atoms with van der Waals surface area (Å²) >= 11 is 1.95. The maximum atomic E-state index is 2.47. The van der Waals surface area contributed by atoms with Crippen molar-refractivity contribution in [2.75, 3.05) is 10.7 Å². The van der Waals surface area contributed by atoms with E-state index in [0.717, 1.165) is 12.2 Å². The zero-order valence-electron chi connectivity index (χ0n) is 16.9. The average Bonchev–Trinajstić information content (AvgIpc) is 3.07. The van der Waals surface area contributed by atoms with E-state index in [4.69, 9.17) is 0 Å². The fourth-order valence-electron chi connectivity index (χ4n) is 4.74. The topological polar surface area (TPSA) is 8.17 Å². The van der Waals surface area contributed by atoms with E-state index in [1.807, 2.05) is 11.8 Å². The van der Waals surface area contributed by atoms with Gasteiger partial charge in [0, 0.05) is 39.7 Å². The minimum absolute atomic E-state index is 1.05. The predicted octanol–water partition coefficient (Wildman–Crippen LogP) is 7.45. The van der Waals surface area contributed by atoms with Gasteiger partial charge in [0.15, 0.2) is 0 Å². The van der Waals surface area contributed by atoms with Gasteiger partial charge in [0.05, 0.1) is 16.9 Å². The molecule has 0 saturated carbocycles. The molecular weight excluding hydrogens is 384 g/mol. The molecule has 0 atom stereocenters. The van der Waals surface area contributed by atoms with Crippen LogP contribution in [0.2, 0.25) is 0 Å². The Kier molecular flexibility index (Phi) is 4.10. The molecule has 5 aromatic rings. The van der Waals surface area contributed by atoms with Gasteiger partial charge in [-0.1, -0.05) is 60.7 Å². The Morgan fingerprint density at radius 1 is 0.733 bits per heavy atom. The van der Waals surface area contributed by atoms with Crippen LogP contribution in [0.15, 0.2) is 95.9 Å².